The molecule has 0 aromatic carbocycles. The molecule has 0 bridgehead atoms. The first kappa shape index (κ1) is 10.4. The summed E-state index contributed by atoms with van der Waals surface area (Å²) in [5.74, 6) is 0. The fourth-order valence-corrected chi connectivity index (χ4v) is 0.969. The van der Waals surface area contributed by atoms with Crippen LogP contribution in [0.2, 0.25) is 0 Å². The van der Waals surface area contributed by atoms with Gasteiger partial charge in [0.15, 0.2) is 0 Å². The molecule has 7 nitrogen and oxygen atoms in total. The number of halogens is 1. The van der Waals surface area contributed by atoms with Crippen molar-refractivity contribution >= 4 is 0 Å². The quantitative estimate of drug-likeness (QED) is 0.224. The third-order valence-electron chi connectivity index (χ3n) is 0.378. The molecule has 0 aromatic rings. The van der Waals surface area contributed by atoms with Crippen LogP contribution in [0.3, 0.4) is 0 Å². The minimum atomic E-state index is -1.22. The van der Waals surface area contributed by atoms with Crippen molar-refractivity contribution in [3.8, 4) is 0 Å². The molecule has 0 aromatic heterocycles. The summed E-state index contributed by atoms with van der Waals surface area (Å²) >= 11 is -1.22. The first-order valence-electron chi connectivity index (χ1n) is 2.23. The van der Waals surface area contributed by atoms with Crippen LogP contribution in [0.25, 0.3) is 0 Å². The zero-order valence-electron chi connectivity index (χ0n) is 5.42. The number of quaternary nitrogens is 2. The summed E-state index contributed by atoms with van der Waals surface area (Å²) in [6.45, 7) is 0. The minimum absolute atomic E-state index is 0.177. The van der Waals surface area contributed by atoms with Gasteiger partial charge in [0.05, 0.1) is 0 Å². The van der Waals surface area contributed by atoms with Gasteiger partial charge in [-0.05, 0) is 0 Å². The summed E-state index contributed by atoms with van der Waals surface area (Å²) in [6.07, 6.45) is 0. The maximum absolute atomic E-state index is 10.4. The van der Waals surface area contributed by atoms with Crippen molar-refractivity contribution < 1.29 is 43.4 Å². The van der Waals surface area contributed by atoms with E-state index >= 15 is 0 Å². The van der Waals surface area contributed by atoms with Crippen molar-refractivity contribution in [2.75, 3.05) is 14.2 Å². The van der Waals surface area contributed by atoms with Crippen LogP contribution in [0.4, 0.5) is 0 Å². The van der Waals surface area contributed by atoms with Crippen LogP contribution >= 0.6 is 0 Å². The standard InChI is InChI=1S/C2H8IN2O5/c1-4(6)3-5(7)9-10-8-2/h4-5H,1-2H3/q-1. The van der Waals surface area contributed by atoms with Crippen molar-refractivity contribution in [1.82, 2.24) is 0 Å². The molecular weight excluding hydrogens is 259 g/mol. The number of hydrogen-bond acceptors (Lipinski definition) is 5. The fraction of sp³-hybridized carbons (Fsp3) is 1.00. The topological polar surface area (TPSA) is 82.7 Å². The average molecular weight is 267 g/mol. The summed E-state index contributed by atoms with van der Waals surface area (Å²) in [6, 6.07) is 0. The molecule has 0 rings (SSSR count). The zero-order chi connectivity index (χ0) is 7.98. The van der Waals surface area contributed by atoms with Gasteiger partial charge in [-0.25, -0.2) is 0 Å². The second kappa shape index (κ2) is 6.18. The first-order valence-corrected chi connectivity index (χ1v) is 4.39. The Bertz CT molecular complexity index is 82.0. The second-order valence-electron chi connectivity index (χ2n) is 1.12. The second-order valence-corrected chi connectivity index (χ2v) is 4.06. The summed E-state index contributed by atoms with van der Waals surface area (Å²) < 4.78 is -0.836. The number of nitrogens with one attached hydrogen (secondary N) is 2. The normalized spacial score (nSPS) is 17.2. The summed E-state index contributed by atoms with van der Waals surface area (Å²) in [4.78, 5) is 7.93. The Morgan fingerprint density at radius 3 is 2.40 bits per heavy atom. The van der Waals surface area contributed by atoms with Crippen molar-refractivity contribution in [2.24, 2.45) is 0 Å². The van der Waals surface area contributed by atoms with Crippen LogP contribution in [-0.4, -0.2) is 14.2 Å². The molecule has 0 saturated carbocycles. The van der Waals surface area contributed by atoms with Gasteiger partial charge in [0.2, 0.25) is 0 Å². The zero-order valence-corrected chi connectivity index (χ0v) is 7.58. The SMILES string of the molecule is COOO[NH+]([O-])[I-][NH+](C)[O-]. The van der Waals surface area contributed by atoms with Gasteiger partial charge in [0.25, 0.3) is 0 Å². The summed E-state index contributed by atoms with van der Waals surface area (Å²) in [5, 5.41) is 24.5. The van der Waals surface area contributed by atoms with Gasteiger partial charge < -0.3 is 0 Å². The van der Waals surface area contributed by atoms with E-state index in [-0.39, 0.29) is 3.28 Å². The maximum atomic E-state index is 10.4. The third kappa shape index (κ3) is 6.57. The molecule has 0 saturated heterocycles. The molecule has 2 N–H and O–H groups in total. The molecule has 0 fully saturated rings. The molecule has 0 heterocycles. The van der Waals surface area contributed by atoms with Gasteiger partial charge in [-0.15, -0.1) is 0 Å². The molecule has 8 heteroatoms. The number of hydroxylamine groups is 1. The van der Waals surface area contributed by atoms with Gasteiger partial charge in [-0.3, -0.25) is 0 Å². The van der Waals surface area contributed by atoms with E-state index in [4.69, 9.17) is 0 Å². The van der Waals surface area contributed by atoms with Crippen LogP contribution in [0.15, 0.2) is 0 Å². The molecule has 64 valence electrons. The number of rotatable bonds is 5. The van der Waals surface area contributed by atoms with Gasteiger partial charge in [-0.1, -0.05) is 0 Å². The molecule has 2 unspecified atom stereocenters. The van der Waals surface area contributed by atoms with E-state index in [9.17, 15) is 10.4 Å². The van der Waals surface area contributed by atoms with E-state index in [1.54, 1.807) is 0 Å². The van der Waals surface area contributed by atoms with Crippen molar-refractivity contribution in [3.63, 3.8) is 0 Å². The van der Waals surface area contributed by atoms with E-state index in [0.29, 0.717) is 0 Å². The Kier molecular flexibility index (Phi) is 6.46. The fourth-order valence-electron chi connectivity index (χ4n) is 0.185. The van der Waals surface area contributed by atoms with Crippen LogP contribution in [0, 0.1) is 10.4 Å². The first-order chi connectivity index (χ1) is 4.66. The summed E-state index contributed by atoms with van der Waals surface area (Å²) in [7, 11) is 2.51. The van der Waals surface area contributed by atoms with Crippen LogP contribution in [-0.2, 0) is 14.9 Å². The third-order valence-corrected chi connectivity index (χ3v) is 1.76. The average Bonchev–Trinajstić information content (AvgIpc) is 1.82. The molecule has 0 aliphatic heterocycles. The van der Waals surface area contributed by atoms with Crippen LogP contribution < -0.4 is 28.5 Å². The molecule has 0 aliphatic rings. The Morgan fingerprint density at radius 1 is 1.40 bits per heavy atom. The summed E-state index contributed by atoms with van der Waals surface area (Å²) in [5.41, 5.74) is 0. The van der Waals surface area contributed by atoms with Gasteiger partial charge in [0, 0.05) is 0 Å². The van der Waals surface area contributed by atoms with Crippen LogP contribution in [0.1, 0.15) is 0 Å². The van der Waals surface area contributed by atoms with E-state index in [1.807, 2.05) is 0 Å². The predicted molar refractivity (Wildman–Crippen MR) is 23.8 cm³/mol. The van der Waals surface area contributed by atoms with Gasteiger partial charge >= 0.3 is 68.0 Å². The van der Waals surface area contributed by atoms with E-state index in [1.165, 1.54) is 14.2 Å². The molecule has 0 spiro atoms. The molecule has 10 heavy (non-hydrogen) atoms. The van der Waals surface area contributed by atoms with E-state index < -0.39 is 25.2 Å². The predicted octanol–water partition coefficient (Wildman–Crippen LogP) is -6.27. The molecule has 0 amide bonds. The molecular formula is C2H8IN2O5-. The van der Waals surface area contributed by atoms with Crippen molar-refractivity contribution in [3.05, 3.63) is 10.4 Å². The number of hydrogen-bond donors (Lipinski definition) is 2. The Morgan fingerprint density at radius 2 is 2.00 bits per heavy atom. The van der Waals surface area contributed by atoms with Crippen molar-refractivity contribution in [1.29, 1.82) is 0 Å². The van der Waals surface area contributed by atoms with E-state index in [2.05, 4.69) is 14.9 Å². The van der Waals surface area contributed by atoms with Crippen LogP contribution in [0.5, 0.6) is 0 Å². The monoisotopic (exact) mass is 267 g/mol. The molecule has 2 atom stereocenters. The van der Waals surface area contributed by atoms with Crippen molar-refractivity contribution in [2.45, 2.75) is 0 Å². The van der Waals surface area contributed by atoms with Gasteiger partial charge in [-0.2, -0.15) is 0 Å². The van der Waals surface area contributed by atoms with E-state index in [0.717, 1.165) is 0 Å². The molecule has 0 aliphatic carbocycles. The Labute approximate surface area is 68.4 Å². The van der Waals surface area contributed by atoms with Gasteiger partial charge in [0.1, 0.15) is 0 Å². The Balaban J connectivity index is 3.16. The Hall–Kier alpha value is 0.450. The molecule has 0 radical (unpaired) electrons.